The highest BCUT2D eigenvalue weighted by Gasteiger charge is 2.22. The smallest absolute Gasteiger partial charge is 0.232 e. The number of carbonyl (C=O) groups is 1. The number of hydrogen-bond acceptors (Lipinski definition) is 4. The average molecular weight is 272 g/mol. The summed E-state index contributed by atoms with van der Waals surface area (Å²) < 4.78 is 1.09. The standard InChI is InChI=1S/C12H20N2OS2/c1-14(10-5-3-2-4-6-10)11(15)9-17-12-13-7-8-16-12/h10H,2-9H2,1H3. The van der Waals surface area contributed by atoms with Gasteiger partial charge < -0.3 is 4.90 Å². The molecule has 3 nitrogen and oxygen atoms in total. The lowest BCUT2D eigenvalue weighted by atomic mass is 9.94. The van der Waals surface area contributed by atoms with Gasteiger partial charge in [-0.2, -0.15) is 0 Å². The molecule has 0 atom stereocenters. The van der Waals surface area contributed by atoms with Crippen LogP contribution in [0, 0.1) is 0 Å². The zero-order valence-corrected chi connectivity index (χ0v) is 12.0. The molecular weight excluding hydrogens is 252 g/mol. The molecule has 5 heteroatoms. The number of hydrogen-bond donors (Lipinski definition) is 0. The van der Waals surface area contributed by atoms with Crippen LogP contribution in [-0.4, -0.2) is 46.3 Å². The van der Waals surface area contributed by atoms with Crippen molar-refractivity contribution >= 4 is 33.8 Å². The minimum Gasteiger partial charge on any atom is -0.342 e. The van der Waals surface area contributed by atoms with Gasteiger partial charge in [-0.05, 0) is 12.8 Å². The monoisotopic (exact) mass is 272 g/mol. The zero-order chi connectivity index (χ0) is 12.1. The average Bonchev–Trinajstić information content (AvgIpc) is 2.89. The van der Waals surface area contributed by atoms with Gasteiger partial charge in [0.2, 0.25) is 5.91 Å². The lowest BCUT2D eigenvalue weighted by Gasteiger charge is -2.31. The summed E-state index contributed by atoms with van der Waals surface area (Å²) in [4.78, 5) is 18.4. The molecule has 17 heavy (non-hydrogen) atoms. The van der Waals surface area contributed by atoms with Crippen molar-refractivity contribution in [1.29, 1.82) is 0 Å². The molecular formula is C12H20N2OS2. The van der Waals surface area contributed by atoms with Crippen LogP contribution in [0.1, 0.15) is 32.1 Å². The Hall–Kier alpha value is -0.160. The highest BCUT2D eigenvalue weighted by molar-refractivity contribution is 8.39. The molecule has 1 heterocycles. The van der Waals surface area contributed by atoms with E-state index in [0.29, 0.717) is 11.8 Å². The van der Waals surface area contributed by atoms with E-state index in [2.05, 4.69) is 4.99 Å². The Bertz CT molecular complexity index is 301. The van der Waals surface area contributed by atoms with Crippen molar-refractivity contribution in [3.8, 4) is 0 Å². The normalized spacial score (nSPS) is 21.4. The highest BCUT2D eigenvalue weighted by atomic mass is 32.2. The second-order valence-electron chi connectivity index (χ2n) is 4.58. The molecule has 0 radical (unpaired) electrons. The SMILES string of the molecule is CN(C(=O)CSC1=NCCS1)C1CCCCC1. The van der Waals surface area contributed by atoms with Gasteiger partial charge in [-0.1, -0.05) is 42.8 Å². The summed E-state index contributed by atoms with van der Waals surface area (Å²) in [5.41, 5.74) is 0. The maximum absolute atomic E-state index is 12.0. The second-order valence-corrected chi connectivity index (χ2v) is 6.89. The van der Waals surface area contributed by atoms with E-state index in [-0.39, 0.29) is 5.91 Å². The Kier molecular flexibility index (Phi) is 5.22. The van der Waals surface area contributed by atoms with Gasteiger partial charge in [0.25, 0.3) is 0 Å². The van der Waals surface area contributed by atoms with Crippen LogP contribution in [0.15, 0.2) is 4.99 Å². The van der Waals surface area contributed by atoms with Gasteiger partial charge in [0.1, 0.15) is 4.38 Å². The molecule has 1 fully saturated rings. The van der Waals surface area contributed by atoms with E-state index in [4.69, 9.17) is 0 Å². The molecule has 1 aliphatic carbocycles. The van der Waals surface area contributed by atoms with Gasteiger partial charge in [-0.3, -0.25) is 9.79 Å². The van der Waals surface area contributed by atoms with Crippen LogP contribution >= 0.6 is 23.5 Å². The molecule has 0 unspecified atom stereocenters. The summed E-state index contributed by atoms with van der Waals surface area (Å²) in [7, 11) is 1.96. The van der Waals surface area contributed by atoms with Crippen LogP contribution in [-0.2, 0) is 4.79 Å². The minimum absolute atomic E-state index is 0.261. The summed E-state index contributed by atoms with van der Waals surface area (Å²) in [5, 5.41) is 0. The van der Waals surface area contributed by atoms with Gasteiger partial charge >= 0.3 is 0 Å². The van der Waals surface area contributed by atoms with Crippen LogP contribution in [0.2, 0.25) is 0 Å². The summed E-state index contributed by atoms with van der Waals surface area (Å²) >= 11 is 3.38. The van der Waals surface area contributed by atoms with Gasteiger partial charge in [-0.15, -0.1) is 0 Å². The first-order valence-electron chi connectivity index (χ1n) is 6.33. The topological polar surface area (TPSA) is 32.7 Å². The Morgan fingerprint density at radius 3 is 2.88 bits per heavy atom. The fourth-order valence-electron chi connectivity index (χ4n) is 2.30. The van der Waals surface area contributed by atoms with E-state index in [1.54, 1.807) is 23.5 Å². The molecule has 96 valence electrons. The van der Waals surface area contributed by atoms with Crippen molar-refractivity contribution in [2.75, 3.05) is 25.1 Å². The van der Waals surface area contributed by atoms with Crippen molar-refractivity contribution in [1.82, 2.24) is 4.90 Å². The molecule has 0 bridgehead atoms. The predicted molar refractivity (Wildman–Crippen MR) is 76.9 cm³/mol. The van der Waals surface area contributed by atoms with Gasteiger partial charge in [-0.25, -0.2) is 0 Å². The molecule has 1 aliphatic heterocycles. The summed E-state index contributed by atoms with van der Waals surface area (Å²) in [6.45, 7) is 0.916. The van der Waals surface area contributed by atoms with E-state index in [1.807, 2.05) is 11.9 Å². The summed E-state index contributed by atoms with van der Waals surface area (Å²) in [5.74, 6) is 1.89. The van der Waals surface area contributed by atoms with E-state index in [1.165, 1.54) is 32.1 Å². The first kappa shape index (κ1) is 13.3. The molecule has 0 aromatic heterocycles. The van der Waals surface area contributed by atoms with Gasteiger partial charge in [0.15, 0.2) is 0 Å². The Labute approximate surface area is 112 Å². The van der Waals surface area contributed by atoms with E-state index in [0.717, 1.165) is 16.7 Å². The lowest BCUT2D eigenvalue weighted by molar-refractivity contribution is -0.129. The number of aliphatic imine (C=N–C) groups is 1. The fraction of sp³-hybridized carbons (Fsp3) is 0.833. The van der Waals surface area contributed by atoms with Crippen LogP contribution in [0.4, 0.5) is 0 Å². The summed E-state index contributed by atoms with van der Waals surface area (Å²) in [6, 6.07) is 0.481. The first-order valence-corrected chi connectivity index (χ1v) is 8.30. The van der Waals surface area contributed by atoms with Crippen molar-refractivity contribution < 1.29 is 4.79 Å². The van der Waals surface area contributed by atoms with Crippen molar-refractivity contribution in [2.45, 2.75) is 38.1 Å². The third-order valence-electron chi connectivity index (χ3n) is 3.39. The quantitative estimate of drug-likeness (QED) is 0.791. The third-order valence-corrected chi connectivity index (χ3v) is 5.63. The Morgan fingerprint density at radius 2 is 2.24 bits per heavy atom. The van der Waals surface area contributed by atoms with Gasteiger partial charge in [0, 0.05) is 18.8 Å². The molecule has 0 aromatic carbocycles. The van der Waals surface area contributed by atoms with Crippen molar-refractivity contribution in [3.63, 3.8) is 0 Å². The molecule has 1 amide bonds. The Morgan fingerprint density at radius 1 is 1.47 bits per heavy atom. The van der Waals surface area contributed by atoms with Crippen molar-refractivity contribution in [2.24, 2.45) is 4.99 Å². The highest BCUT2D eigenvalue weighted by Crippen LogP contribution is 2.24. The number of thioether (sulfide) groups is 2. The lowest BCUT2D eigenvalue weighted by Crippen LogP contribution is -2.39. The Balaban J connectivity index is 1.74. The van der Waals surface area contributed by atoms with Crippen LogP contribution in [0.5, 0.6) is 0 Å². The third kappa shape index (κ3) is 3.91. The number of carbonyl (C=O) groups excluding carboxylic acids is 1. The molecule has 0 aromatic rings. The zero-order valence-electron chi connectivity index (χ0n) is 10.4. The number of rotatable bonds is 3. The number of nitrogens with zero attached hydrogens (tertiary/aromatic N) is 2. The van der Waals surface area contributed by atoms with E-state index >= 15 is 0 Å². The fourth-order valence-corrected chi connectivity index (χ4v) is 4.23. The second kappa shape index (κ2) is 6.69. The molecule has 1 saturated carbocycles. The summed E-state index contributed by atoms with van der Waals surface area (Å²) in [6.07, 6.45) is 6.25. The molecule has 0 N–H and O–H groups in total. The van der Waals surface area contributed by atoms with E-state index in [9.17, 15) is 4.79 Å². The van der Waals surface area contributed by atoms with E-state index < -0.39 is 0 Å². The molecule has 0 spiro atoms. The maximum Gasteiger partial charge on any atom is 0.232 e. The largest absolute Gasteiger partial charge is 0.342 e. The molecule has 2 rings (SSSR count). The first-order chi connectivity index (χ1) is 8.27. The van der Waals surface area contributed by atoms with Crippen LogP contribution in [0.25, 0.3) is 0 Å². The maximum atomic E-state index is 12.0. The van der Waals surface area contributed by atoms with Crippen molar-refractivity contribution in [3.05, 3.63) is 0 Å². The van der Waals surface area contributed by atoms with Gasteiger partial charge in [0.05, 0.1) is 12.3 Å². The minimum atomic E-state index is 0.261. The molecule has 2 aliphatic rings. The predicted octanol–water partition coefficient (Wildman–Crippen LogP) is 2.61. The van der Waals surface area contributed by atoms with Crippen LogP contribution in [0.3, 0.4) is 0 Å². The molecule has 0 saturated heterocycles. The van der Waals surface area contributed by atoms with Crippen LogP contribution < -0.4 is 0 Å². The number of amides is 1.